The van der Waals surface area contributed by atoms with Crippen LogP contribution in [0.2, 0.25) is 0 Å². The first-order chi connectivity index (χ1) is 20.2. The summed E-state index contributed by atoms with van der Waals surface area (Å²) in [6, 6.07) is 21.6. The highest BCUT2D eigenvalue weighted by Gasteiger charge is 2.61. The molecule has 3 aromatic carbocycles. The summed E-state index contributed by atoms with van der Waals surface area (Å²) in [7, 11) is 1.90. The van der Waals surface area contributed by atoms with E-state index in [0.717, 1.165) is 48.2 Å². The van der Waals surface area contributed by atoms with Gasteiger partial charge in [0.25, 0.3) is 5.91 Å². The van der Waals surface area contributed by atoms with Crippen molar-refractivity contribution in [1.29, 1.82) is 0 Å². The molecule has 3 fully saturated rings. The molecule has 1 aliphatic heterocycles. The number of ether oxygens (including phenoxy) is 2. The van der Waals surface area contributed by atoms with E-state index < -0.39 is 11.0 Å². The molecule has 0 spiro atoms. The summed E-state index contributed by atoms with van der Waals surface area (Å²) in [4.78, 5) is 42.8. The van der Waals surface area contributed by atoms with Crippen molar-refractivity contribution in [3.05, 3.63) is 77.9 Å². The van der Waals surface area contributed by atoms with Gasteiger partial charge in [0.05, 0.1) is 0 Å². The molecule has 2 aliphatic carbocycles. The van der Waals surface area contributed by atoms with E-state index in [9.17, 15) is 14.4 Å². The number of fused-ring (bicyclic) bond motifs is 2. The van der Waals surface area contributed by atoms with Crippen molar-refractivity contribution in [2.45, 2.75) is 69.4 Å². The summed E-state index contributed by atoms with van der Waals surface area (Å²) in [6.07, 6.45) is 5.33. The van der Waals surface area contributed by atoms with Crippen LogP contribution in [0, 0.1) is 5.92 Å². The summed E-state index contributed by atoms with van der Waals surface area (Å²) in [5, 5.41) is 2.14. The first kappa shape index (κ1) is 28.4. The zero-order chi connectivity index (χ0) is 29.5. The van der Waals surface area contributed by atoms with Crippen molar-refractivity contribution >= 4 is 28.6 Å². The van der Waals surface area contributed by atoms with Crippen molar-refractivity contribution in [3.8, 4) is 5.75 Å². The lowest BCUT2D eigenvalue weighted by atomic mass is 9.55. The number of hydrogen-bond acceptors (Lipinski definition) is 6. The van der Waals surface area contributed by atoms with Crippen LogP contribution in [0.4, 0.5) is 0 Å². The van der Waals surface area contributed by atoms with Gasteiger partial charge in [-0.15, -0.1) is 0 Å². The Balaban J connectivity index is 1.37. The fourth-order valence-electron chi connectivity index (χ4n) is 7.53. The van der Waals surface area contributed by atoms with E-state index in [0.29, 0.717) is 30.7 Å². The Morgan fingerprint density at radius 3 is 2.43 bits per heavy atom. The van der Waals surface area contributed by atoms with Crippen molar-refractivity contribution in [2.24, 2.45) is 5.92 Å². The van der Waals surface area contributed by atoms with Gasteiger partial charge in [0.15, 0.2) is 0 Å². The lowest BCUT2D eigenvalue weighted by molar-refractivity contribution is -0.188. The standard InChI is InChI=1S/C35H40N2O5/c1-24(38)41-32-10-6-9-30(20-32)34-17-18-37(22-26-11-12-26)23-35(34,42-25(2)39)16-15-31(21-34)36(3)33(40)29-14-13-27-7-4-5-8-28(27)19-29/h4-10,13-14,19-20,26,31H,11-12,15-18,21-23H2,1-3H3. The Bertz CT molecular complexity index is 1520. The number of carbonyl (C=O) groups is 3. The normalized spacial score (nSPS) is 25.8. The van der Waals surface area contributed by atoms with E-state index in [1.54, 1.807) is 6.07 Å². The first-order valence-electron chi connectivity index (χ1n) is 15.1. The number of rotatable bonds is 7. The van der Waals surface area contributed by atoms with Gasteiger partial charge in [-0.3, -0.25) is 19.3 Å². The Morgan fingerprint density at radius 2 is 1.69 bits per heavy atom. The minimum Gasteiger partial charge on any atom is -0.457 e. The number of likely N-dealkylation sites (tertiary alicyclic amines) is 1. The lowest BCUT2D eigenvalue weighted by Gasteiger charge is -2.60. The SMILES string of the molecule is CC(=O)Oc1cccc(C23CCN(CC4CC4)CC2(OC(C)=O)CCC(N(C)C(=O)c2ccc4ccccc4c2)C3)c1. The number of carbonyl (C=O) groups excluding carboxylic acids is 3. The minimum atomic E-state index is -0.746. The smallest absolute Gasteiger partial charge is 0.308 e. The Kier molecular flexibility index (Phi) is 7.56. The number of esters is 2. The van der Waals surface area contributed by atoms with Gasteiger partial charge in [-0.1, -0.05) is 42.5 Å². The van der Waals surface area contributed by atoms with E-state index in [2.05, 4.69) is 11.0 Å². The van der Waals surface area contributed by atoms with E-state index in [4.69, 9.17) is 9.47 Å². The second kappa shape index (κ2) is 11.2. The van der Waals surface area contributed by atoms with Crippen LogP contribution in [-0.2, 0) is 19.7 Å². The largest absolute Gasteiger partial charge is 0.457 e. The second-order valence-electron chi connectivity index (χ2n) is 12.6. The zero-order valence-corrected chi connectivity index (χ0v) is 24.8. The average Bonchev–Trinajstić information content (AvgIpc) is 3.79. The molecule has 6 rings (SSSR count). The highest BCUT2D eigenvalue weighted by molar-refractivity contribution is 5.98. The summed E-state index contributed by atoms with van der Waals surface area (Å²) in [6.45, 7) is 5.46. The molecule has 1 saturated heterocycles. The molecule has 2 saturated carbocycles. The van der Waals surface area contributed by atoms with E-state index in [1.165, 1.54) is 26.7 Å². The zero-order valence-electron chi connectivity index (χ0n) is 24.8. The number of nitrogens with zero attached hydrogens (tertiary/aromatic N) is 2. The highest BCUT2D eigenvalue weighted by atomic mass is 16.6. The van der Waals surface area contributed by atoms with Crippen LogP contribution in [-0.4, -0.2) is 66.0 Å². The van der Waals surface area contributed by atoms with Gasteiger partial charge in [-0.25, -0.2) is 0 Å². The van der Waals surface area contributed by atoms with Gasteiger partial charge >= 0.3 is 11.9 Å². The van der Waals surface area contributed by atoms with Crippen LogP contribution in [0.3, 0.4) is 0 Å². The predicted octanol–water partition coefficient (Wildman–Crippen LogP) is 5.75. The molecule has 0 radical (unpaired) electrons. The first-order valence-corrected chi connectivity index (χ1v) is 15.1. The fourth-order valence-corrected chi connectivity index (χ4v) is 7.53. The van der Waals surface area contributed by atoms with Gasteiger partial charge < -0.3 is 14.4 Å². The minimum absolute atomic E-state index is 0.0132. The molecule has 220 valence electrons. The van der Waals surface area contributed by atoms with Crippen molar-refractivity contribution < 1.29 is 23.9 Å². The summed E-state index contributed by atoms with van der Waals surface area (Å²) in [5.74, 6) is 0.524. The molecule has 42 heavy (non-hydrogen) atoms. The van der Waals surface area contributed by atoms with E-state index in [1.807, 2.05) is 66.5 Å². The van der Waals surface area contributed by atoms with Crippen LogP contribution >= 0.6 is 0 Å². The van der Waals surface area contributed by atoms with E-state index in [-0.39, 0.29) is 23.9 Å². The molecule has 3 aliphatic rings. The summed E-state index contributed by atoms with van der Waals surface area (Å²) >= 11 is 0. The molecule has 0 bridgehead atoms. The van der Waals surface area contributed by atoms with Crippen LogP contribution in [0.5, 0.6) is 5.75 Å². The maximum atomic E-state index is 13.9. The number of piperidine rings is 1. The quantitative estimate of drug-likeness (QED) is 0.267. The molecule has 7 heteroatoms. The third-order valence-corrected chi connectivity index (χ3v) is 9.74. The molecular weight excluding hydrogens is 528 g/mol. The highest BCUT2D eigenvalue weighted by Crippen LogP contribution is 2.55. The van der Waals surface area contributed by atoms with Crippen molar-refractivity contribution in [3.63, 3.8) is 0 Å². The van der Waals surface area contributed by atoms with E-state index >= 15 is 0 Å². The van der Waals surface area contributed by atoms with Gasteiger partial charge in [0.1, 0.15) is 11.4 Å². The second-order valence-corrected chi connectivity index (χ2v) is 12.6. The van der Waals surface area contributed by atoms with Gasteiger partial charge in [0, 0.05) is 51.0 Å². The molecule has 0 N–H and O–H groups in total. The predicted molar refractivity (Wildman–Crippen MR) is 161 cm³/mol. The Morgan fingerprint density at radius 1 is 0.905 bits per heavy atom. The van der Waals surface area contributed by atoms with Gasteiger partial charge in [-0.2, -0.15) is 0 Å². The fraction of sp³-hybridized carbons (Fsp3) is 0.457. The third kappa shape index (κ3) is 5.42. The Labute approximate surface area is 247 Å². The maximum Gasteiger partial charge on any atom is 0.308 e. The van der Waals surface area contributed by atoms with Crippen LogP contribution in [0.15, 0.2) is 66.7 Å². The monoisotopic (exact) mass is 568 g/mol. The molecular formula is C35H40N2O5. The topological polar surface area (TPSA) is 76.2 Å². The van der Waals surface area contributed by atoms with Crippen molar-refractivity contribution in [2.75, 3.05) is 26.7 Å². The molecule has 1 heterocycles. The van der Waals surface area contributed by atoms with Crippen LogP contribution < -0.4 is 4.74 Å². The summed E-state index contributed by atoms with van der Waals surface area (Å²) < 4.78 is 11.9. The van der Waals surface area contributed by atoms with Gasteiger partial charge in [-0.05, 0) is 91.6 Å². The van der Waals surface area contributed by atoms with Crippen LogP contribution in [0.25, 0.3) is 10.8 Å². The molecule has 3 unspecified atom stereocenters. The number of amides is 1. The molecule has 0 aromatic heterocycles. The molecule has 7 nitrogen and oxygen atoms in total. The maximum absolute atomic E-state index is 13.9. The molecule has 3 aromatic rings. The summed E-state index contributed by atoms with van der Waals surface area (Å²) in [5.41, 5.74) is 0.364. The number of hydrogen-bond donors (Lipinski definition) is 0. The Hall–Kier alpha value is -3.71. The average molecular weight is 569 g/mol. The van der Waals surface area contributed by atoms with Crippen LogP contribution in [0.1, 0.15) is 68.3 Å². The molecule has 1 amide bonds. The molecule has 3 atom stereocenters. The van der Waals surface area contributed by atoms with Gasteiger partial charge in [0.2, 0.25) is 0 Å². The lowest BCUT2D eigenvalue weighted by Crippen LogP contribution is -2.68. The van der Waals surface area contributed by atoms with Crippen molar-refractivity contribution in [1.82, 2.24) is 9.80 Å². The number of benzene rings is 3. The third-order valence-electron chi connectivity index (χ3n) is 9.74.